The first-order valence-electron chi connectivity index (χ1n) is 6.49. The van der Waals surface area contributed by atoms with E-state index in [9.17, 15) is 4.79 Å². The topological polar surface area (TPSA) is 44.9 Å². The molecule has 0 aliphatic heterocycles. The van der Waals surface area contributed by atoms with Crippen molar-refractivity contribution in [2.24, 2.45) is 0 Å². The van der Waals surface area contributed by atoms with E-state index in [1.165, 1.54) is 5.56 Å². The number of carbonyl (C=O) groups is 1. The average molecular weight is 252 g/mol. The molecule has 19 heavy (non-hydrogen) atoms. The van der Waals surface area contributed by atoms with E-state index in [4.69, 9.17) is 0 Å². The quantitative estimate of drug-likeness (QED) is 0.843. The maximum Gasteiger partial charge on any atom is 0.272 e. The third-order valence-electron chi connectivity index (χ3n) is 3.49. The molecule has 96 valence electrons. The molecular formula is C16H16N2O. The van der Waals surface area contributed by atoms with Crippen LogP contribution < -0.4 is 5.32 Å². The molecule has 3 heteroatoms. The van der Waals surface area contributed by atoms with E-state index in [0.29, 0.717) is 5.69 Å². The highest BCUT2D eigenvalue weighted by molar-refractivity contribution is 6.04. The number of benzene rings is 1. The van der Waals surface area contributed by atoms with Gasteiger partial charge in [0.05, 0.1) is 5.69 Å². The molecular weight excluding hydrogens is 236 g/mol. The number of hydrogen-bond donors (Lipinski definition) is 2. The van der Waals surface area contributed by atoms with Gasteiger partial charge in [0, 0.05) is 11.8 Å². The van der Waals surface area contributed by atoms with Crippen LogP contribution >= 0.6 is 0 Å². The normalized spacial score (nSPS) is 13.1. The summed E-state index contributed by atoms with van der Waals surface area (Å²) >= 11 is 0. The van der Waals surface area contributed by atoms with Crippen molar-refractivity contribution in [3.05, 3.63) is 58.9 Å². The first-order valence-corrected chi connectivity index (χ1v) is 6.49. The molecule has 1 aliphatic carbocycles. The number of fused-ring (bicyclic) bond motifs is 1. The van der Waals surface area contributed by atoms with Gasteiger partial charge in [-0.1, -0.05) is 24.3 Å². The zero-order valence-corrected chi connectivity index (χ0v) is 10.9. The van der Waals surface area contributed by atoms with Crippen LogP contribution in [0.1, 0.15) is 33.6 Å². The zero-order valence-electron chi connectivity index (χ0n) is 10.9. The molecule has 1 amide bonds. The average Bonchev–Trinajstić information content (AvgIpc) is 2.96. The second-order valence-corrected chi connectivity index (χ2v) is 4.81. The molecule has 0 fully saturated rings. The number of hydrogen-bond acceptors (Lipinski definition) is 1. The van der Waals surface area contributed by atoms with Gasteiger partial charge in [0.1, 0.15) is 5.69 Å². The third-order valence-corrected chi connectivity index (χ3v) is 3.49. The first kappa shape index (κ1) is 11.8. The summed E-state index contributed by atoms with van der Waals surface area (Å²) in [6.07, 6.45) is 8.13. The maximum absolute atomic E-state index is 12.1. The van der Waals surface area contributed by atoms with Crippen LogP contribution in [-0.4, -0.2) is 10.9 Å². The van der Waals surface area contributed by atoms with Crippen LogP contribution in [0.5, 0.6) is 0 Å². The largest absolute Gasteiger partial charge is 0.357 e. The van der Waals surface area contributed by atoms with Gasteiger partial charge in [-0.3, -0.25) is 4.79 Å². The lowest BCUT2D eigenvalue weighted by atomic mass is 9.93. The predicted octanol–water partition coefficient (Wildman–Crippen LogP) is 3.53. The molecule has 0 unspecified atom stereocenters. The maximum atomic E-state index is 12.1. The number of aromatic nitrogens is 1. The Bertz CT molecular complexity index is 639. The Kier molecular flexibility index (Phi) is 2.95. The van der Waals surface area contributed by atoms with Crippen molar-refractivity contribution in [3.63, 3.8) is 0 Å². The molecule has 0 saturated carbocycles. The number of amides is 1. The van der Waals surface area contributed by atoms with Crippen LogP contribution in [-0.2, 0) is 6.42 Å². The van der Waals surface area contributed by atoms with Crippen LogP contribution in [0.15, 0.2) is 36.5 Å². The number of anilines is 1. The highest BCUT2D eigenvalue weighted by Crippen LogP contribution is 2.30. The first-order chi connectivity index (χ1) is 9.25. The van der Waals surface area contributed by atoms with E-state index >= 15 is 0 Å². The van der Waals surface area contributed by atoms with Crippen LogP contribution in [0.3, 0.4) is 0 Å². The Balaban J connectivity index is 1.97. The van der Waals surface area contributed by atoms with Crippen LogP contribution in [0.2, 0.25) is 0 Å². The van der Waals surface area contributed by atoms with Crippen LogP contribution in [0.4, 0.5) is 5.69 Å². The van der Waals surface area contributed by atoms with Crippen LogP contribution in [0, 0.1) is 6.92 Å². The summed E-state index contributed by atoms with van der Waals surface area (Å²) in [6.45, 7) is 2.02. The van der Waals surface area contributed by atoms with Gasteiger partial charge in [0.25, 0.3) is 5.91 Å². The third kappa shape index (κ3) is 2.19. The van der Waals surface area contributed by atoms with Gasteiger partial charge < -0.3 is 10.3 Å². The lowest BCUT2D eigenvalue weighted by Gasteiger charge is -2.17. The van der Waals surface area contributed by atoms with E-state index in [1.807, 2.05) is 13.0 Å². The lowest BCUT2D eigenvalue weighted by molar-refractivity contribution is 0.102. The van der Waals surface area contributed by atoms with Crippen molar-refractivity contribution in [3.8, 4) is 0 Å². The Hall–Kier alpha value is -2.29. The fourth-order valence-corrected chi connectivity index (χ4v) is 2.44. The second-order valence-electron chi connectivity index (χ2n) is 4.81. The molecule has 1 aromatic heterocycles. The number of aromatic amines is 1. The number of carbonyl (C=O) groups excluding carboxylic acids is 1. The number of allylic oxidation sites excluding steroid dienone is 1. The van der Waals surface area contributed by atoms with Crippen molar-refractivity contribution in [2.75, 3.05) is 5.32 Å². The molecule has 0 radical (unpaired) electrons. The Labute approximate surface area is 112 Å². The van der Waals surface area contributed by atoms with E-state index in [0.717, 1.165) is 29.7 Å². The van der Waals surface area contributed by atoms with Gasteiger partial charge in [-0.2, -0.15) is 0 Å². The fraction of sp³-hybridized carbons (Fsp3) is 0.188. The van der Waals surface area contributed by atoms with Gasteiger partial charge in [-0.15, -0.1) is 0 Å². The summed E-state index contributed by atoms with van der Waals surface area (Å²) in [5.41, 5.74) is 5.04. The fourth-order valence-electron chi connectivity index (χ4n) is 2.44. The van der Waals surface area contributed by atoms with Gasteiger partial charge in [-0.05, 0) is 43.0 Å². The summed E-state index contributed by atoms with van der Waals surface area (Å²) in [6, 6.07) is 7.82. The van der Waals surface area contributed by atoms with E-state index < -0.39 is 0 Å². The van der Waals surface area contributed by atoms with E-state index in [-0.39, 0.29) is 5.91 Å². The molecule has 1 heterocycles. The number of aryl methyl sites for hydroxylation is 2. The lowest BCUT2D eigenvalue weighted by Crippen LogP contribution is -2.15. The highest BCUT2D eigenvalue weighted by atomic mass is 16.1. The molecule has 1 aliphatic rings. The minimum absolute atomic E-state index is 0.0968. The summed E-state index contributed by atoms with van der Waals surface area (Å²) in [7, 11) is 0. The number of rotatable bonds is 2. The summed E-state index contributed by atoms with van der Waals surface area (Å²) in [5, 5.41) is 3.02. The van der Waals surface area contributed by atoms with Crippen molar-refractivity contribution in [1.82, 2.24) is 4.98 Å². The van der Waals surface area contributed by atoms with Crippen molar-refractivity contribution in [1.29, 1.82) is 0 Å². The molecule has 2 aromatic rings. The van der Waals surface area contributed by atoms with Crippen LogP contribution in [0.25, 0.3) is 6.08 Å². The van der Waals surface area contributed by atoms with E-state index in [1.54, 1.807) is 12.3 Å². The molecule has 0 spiro atoms. The molecule has 3 nitrogen and oxygen atoms in total. The summed E-state index contributed by atoms with van der Waals surface area (Å²) in [5.74, 6) is -0.0968. The monoisotopic (exact) mass is 252 g/mol. The standard InChI is InChI=1S/C16H16N2O/c1-11-8-9-12-5-2-3-6-13(12)15(11)18-16(19)14-7-4-10-17-14/h3-4,6-10,17H,2,5H2,1H3,(H,18,19). The van der Waals surface area contributed by atoms with Gasteiger partial charge >= 0.3 is 0 Å². The Morgan fingerprint density at radius 1 is 1.32 bits per heavy atom. The molecule has 3 rings (SSSR count). The molecule has 0 atom stereocenters. The predicted molar refractivity (Wildman–Crippen MR) is 77.3 cm³/mol. The van der Waals surface area contributed by atoms with Crippen molar-refractivity contribution < 1.29 is 4.79 Å². The van der Waals surface area contributed by atoms with Gasteiger partial charge in [0.2, 0.25) is 0 Å². The summed E-state index contributed by atoms with van der Waals surface area (Å²) < 4.78 is 0. The number of H-pyrrole nitrogens is 1. The van der Waals surface area contributed by atoms with Gasteiger partial charge in [-0.25, -0.2) is 0 Å². The SMILES string of the molecule is Cc1ccc2c(c1NC(=O)c1ccc[nH]1)C=CCC2. The molecule has 0 saturated heterocycles. The minimum Gasteiger partial charge on any atom is -0.357 e. The summed E-state index contributed by atoms with van der Waals surface area (Å²) in [4.78, 5) is 15.1. The highest BCUT2D eigenvalue weighted by Gasteiger charge is 2.15. The van der Waals surface area contributed by atoms with Crippen molar-refractivity contribution >= 4 is 17.7 Å². The van der Waals surface area contributed by atoms with Gasteiger partial charge in [0.15, 0.2) is 0 Å². The smallest absolute Gasteiger partial charge is 0.272 e. The Morgan fingerprint density at radius 3 is 3.00 bits per heavy atom. The van der Waals surface area contributed by atoms with E-state index in [2.05, 4.69) is 34.6 Å². The molecule has 2 N–H and O–H groups in total. The zero-order chi connectivity index (χ0) is 13.2. The van der Waals surface area contributed by atoms with Crippen molar-refractivity contribution in [2.45, 2.75) is 19.8 Å². The Morgan fingerprint density at radius 2 is 2.21 bits per heavy atom. The molecule has 1 aromatic carbocycles. The minimum atomic E-state index is -0.0968. The molecule has 0 bridgehead atoms. The number of nitrogens with one attached hydrogen (secondary N) is 2. The second kappa shape index (κ2) is 4.76.